The van der Waals surface area contributed by atoms with E-state index in [0.717, 1.165) is 15.6 Å². The number of nitro groups is 1. The summed E-state index contributed by atoms with van der Waals surface area (Å²) in [7, 11) is 0. The van der Waals surface area contributed by atoms with Gasteiger partial charge >= 0.3 is 0 Å². The van der Waals surface area contributed by atoms with Gasteiger partial charge in [0.05, 0.1) is 9.40 Å². The summed E-state index contributed by atoms with van der Waals surface area (Å²) in [6.07, 6.45) is 3.29. The second-order valence-electron chi connectivity index (χ2n) is 5.97. The van der Waals surface area contributed by atoms with Gasteiger partial charge in [0.15, 0.2) is 5.78 Å². The Balaban J connectivity index is 1.63. The normalized spacial score (nSPS) is 10.8. The summed E-state index contributed by atoms with van der Waals surface area (Å²) >= 11 is 3.47. The van der Waals surface area contributed by atoms with Gasteiger partial charge in [-0.15, -0.1) is 0 Å². The molecule has 140 valence electrons. The fraction of sp³-hybridized carbons (Fsp3) is 0.0455. The van der Waals surface area contributed by atoms with Gasteiger partial charge in [0.25, 0.3) is 5.69 Å². The predicted octanol–water partition coefficient (Wildman–Crippen LogP) is 5.83. The third-order valence-corrected chi connectivity index (χ3v) is 4.60. The summed E-state index contributed by atoms with van der Waals surface area (Å²) in [6, 6.07) is 20.8. The van der Waals surface area contributed by atoms with Crippen LogP contribution >= 0.6 is 15.9 Å². The Morgan fingerprint density at radius 2 is 1.75 bits per heavy atom. The van der Waals surface area contributed by atoms with Crippen LogP contribution in [-0.2, 0) is 6.61 Å². The number of nitro benzene ring substituents is 1. The number of halogens is 1. The summed E-state index contributed by atoms with van der Waals surface area (Å²) in [5.41, 5.74) is 2.38. The van der Waals surface area contributed by atoms with Gasteiger partial charge in [0.2, 0.25) is 0 Å². The van der Waals surface area contributed by atoms with Crippen LogP contribution in [0.2, 0.25) is 0 Å². The number of carbonyl (C=O) groups is 1. The Hall–Kier alpha value is -3.25. The minimum absolute atomic E-state index is 0.0473. The van der Waals surface area contributed by atoms with Crippen LogP contribution in [0.15, 0.2) is 83.3 Å². The Kier molecular flexibility index (Phi) is 6.34. The highest BCUT2D eigenvalue weighted by atomic mass is 79.9. The monoisotopic (exact) mass is 437 g/mol. The van der Waals surface area contributed by atoms with Gasteiger partial charge in [-0.05, 0) is 57.4 Å². The molecule has 28 heavy (non-hydrogen) atoms. The lowest BCUT2D eigenvalue weighted by molar-refractivity contribution is -0.384. The van der Waals surface area contributed by atoms with Crippen molar-refractivity contribution < 1.29 is 14.5 Å². The Bertz CT molecular complexity index is 1010. The summed E-state index contributed by atoms with van der Waals surface area (Å²) < 4.78 is 6.52. The fourth-order valence-electron chi connectivity index (χ4n) is 2.48. The molecule has 0 bridgehead atoms. The number of benzene rings is 3. The average molecular weight is 438 g/mol. The van der Waals surface area contributed by atoms with Gasteiger partial charge < -0.3 is 4.74 Å². The van der Waals surface area contributed by atoms with Crippen molar-refractivity contribution in [2.24, 2.45) is 0 Å². The van der Waals surface area contributed by atoms with E-state index in [4.69, 9.17) is 4.74 Å². The Morgan fingerprint density at radius 3 is 2.39 bits per heavy atom. The van der Waals surface area contributed by atoms with E-state index in [1.165, 1.54) is 18.2 Å². The highest BCUT2D eigenvalue weighted by Gasteiger charge is 2.06. The van der Waals surface area contributed by atoms with Crippen molar-refractivity contribution in [3.63, 3.8) is 0 Å². The number of ketones is 1. The van der Waals surface area contributed by atoms with Crippen LogP contribution < -0.4 is 4.74 Å². The standard InChI is InChI=1S/C22H16BrNO4/c23-20-14-16(8-12-21(25)18-4-2-1-3-5-18)9-13-22(20)28-15-17-6-10-19(11-7-17)24(26)27/h1-14H,15H2/b12-8+. The third-order valence-electron chi connectivity index (χ3n) is 3.98. The first-order chi connectivity index (χ1) is 13.5. The molecule has 0 saturated carbocycles. The van der Waals surface area contributed by atoms with Crippen molar-refractivity contribution in [2.45, 2.75) is 6.61 Å². The molecule has 0 fully saturated rings. The first-order valence-corrected chi connectivity index (χ1v) is 9.25. The van der Waals surface area contributed by atoms with Crippen LogP contribution in [0.4, 0.5) is 5.69 Å². The molecule has 0 aliphatic carbocycles. The van der Waals surface area contributed by atoms with E-state index < -0.39 is 4.92 Å². The highest BCUT2D eigenvalue weighted by molar-refractivity contribution is 9.10. The van der Waals surface area contributed by atoms with E-state index in [9.17, 15) is 14.9 Å². The molecule has 5 nitrogen and oxygen atoms in total. The van der Waals surface area contributed by atoms with E-state index >= 15 is 0 Å². The number of rotatable bonds is 7. The zero-order chi connectivity index (χ0) is 19.9. The molecular formula is C22H16BrNO4. The number of allylic oxidation sites excluding steroid dienone is 1. The third kappa shape index (κ3) is 5.14. The maximum Gasteiger partial charge on any atom is 0.269 e. The van der Waals surface area contributed by atoms with Crippen molar-refractivity contribution in [1.29, 1.82) is 0 Å². The smallest absolute Gasteiger partial charge is 0.269 e. The predicted molar refractivity (Wildman–Crippen MR) is 111 cm³/mol. The SMILES string of the molecule is O=C(/C=C/c1ccc(OCc2ccc([N+](=O)[O-])cc2)c(Br)c1)c1ccccc1. The molecule has 0 N–H and O–H groups in total. The van der Waals surface area contributed by atoms with Gasteiger partial charge in [-0.1, -0.05) is 42.5 Å². The average Bonchev–Trinajstić information content (AvgIpc) is 2.72. The van der Waals surface area contributed by atoms with Crippen molar-refractivity contribution in [3.8, 4) is 5.75 Å². The van der Waals surface area contributed by atoms with Crippen LogP contribution in [0.1, 0.15) is 21.5 Å². The number of hydrogen-bond donors (Lipinski definition) is 0. The number of non-ortho nitro benzene ring substituents is 1. The maximum atomic E-state index is 12.1. The van der Waals surface area contributed by atoms with Gasteiger partial charge in [-0.2, -0.15) is 0 Å². The molecule has 0 amide bonds. The number of ether oxygens (including phenoxy) is 1. The molecule has 3 aromatic carbocycles. The summed E-state index contributed by atoms with van der Waals surface area (Å²) in [5.74, 6) is 0.583. The van der Waals surface area contributed by atoms with Crippen molar-refractivity contribution >= 4 is 33.5 Å². The number of nitrogens with zero attached hydrogens (tertiary/aromatic N) is 1. The highest BCUT2D eigenvalue weighted by Crippen LogP contribution is 2.27. The second-order valence-corrected chi connectivity index (χ2v) is 6.82. The second kappa shape index (κ2) is 9.10. The van der Waals surface area contributed by atoms with Gasteiger partial charge in [0.1, 0.15) is 12.4 Å². The topological polar surface area (TPSA) is 69.4 Å². The number of carbonyl (C=O) groups excluding carboxylic acids is 1. The molecule has 6 heteroatoms. The molecule has 0 aromatic heterocycles. The molecule has 0 unspecified atom stereocenters. The summed E-state index contributed by atoms with van der Waals surface area (Å²) in [6.45, 7) is 0.290. The first-order valence-electron chi connectivity index (χ1n) is 8.46. The molecule has 0 aliphatic rings. The van der Waals surface area contributed by atoms with Gasteiger partial charge in [-0.3, -0.25) is 14.9 Å². The minimum Gasteiger partial charge on any atom is -0.488 e. The van der Waals surface area contributed by atoms with Gasteiger partial charge in [-0.25, -0.2) is 0 Å². The van der Waals surface area contributed by atoms with Crippen LogP contribution in [0.5, 0.6) is 5.75 Å². The minimum atomic E-state index is -0.435. The largest absolute Gasteiger partial charge is 0.488 e. The molecule has 0 spiro atoms. The van der Waals surface area contributed by atoms with Crippen LogP contribution in [-0.4, -0.2) is 10.7 Å². The molecule has 3 aromatic rings. The fourth-order valence-corrected chi connectivity index (χ4v) is 2.99. The molecule has 0 atom stereocenters. The maximum absolute atomic E-state index is 12.1. The quantitative estimate of drug-likeness (QED) is 0.201. The molecule has 0 heterocycles. The lowest BCUT2D eigenvalue weighted by atomic mass is 10.1. The van der Waals surface area contributed by atoms with E-state index in [1.54, 1.807) is 30.3 Å². The summed E-state index contributed by atoms with van der Waals surface area (Å²) in [4.78, 5) is 22.4. The van der Waals surface area contributed by atoms with E-state index in [-0.39, 0.29) is 18.1 Å². The Labute approximate surface area is 170 Å². The summed E-state index contributed by atoms with van der Waals surface area (Å²) in [5, 5.41) is 10.7. The van der Waals surface area contributed by atoms with Crippen molar-refractivity contribution in [1.82, 2.24) is 0 Å². The molecule has 0 aliphatic heterocycles. The Morgan fingerprint density at radius 1 is 1.04 bits per heavy atom. The van der Waals surface area contributed by atoms with Crippen LogP contribution in [0, 0.1) is 10.1 Å². The first kappa shape index (κ1) is 19.5. The molecule has 0 radical (unpaired) electrons. The lowest BCUT2D eigenvalue weighted by Gasteiger charge is -2.09. The number of hydrogen-bond acceptors (Lipinski definition) is 4. The van der Waals surface area contributed by atoms with Crippen molar-refractivity contribution in [2.75, 3.05) is 0 Å². The van der Waals surface area contributed by atoms with E-state index in [1.807, 2.05) is 36.4 Å². The van der Waals surface area contributed by atoms with Crippen LogP contribution in [0.25, 0.3) is 6.08 Å². The van der Waals surface area contributed by atoms with E-state index in [0.29, 0.717) is 11.3 Å². The van der Waals surface area contributed by atoms with Gasteiger partial charge in [0, 0.05) is 17.7 Å². The van der Waals surface area contributed by atoms with E-state index in [2.05, 4.69) is 15.9 Å². The molecule has 0 saturated heterocycles. The molecular weight excluding hydrogens is 422 g/mol. The molecule has 3 rings (SSSR count). The lowest BCUT2D eigenvalue weighted by Crippen LogP contribution is -1.97. The zero-order valence-corrected chi connectivity index (χ0v) is 16.3. The van der Waals surface area contributed by atoms with Crippen molar-refractivity contribution in [3.05, 3.63) is 110 Å². The zero-order valence-electron chi connectivity index (χ0n) is 14.7. The van der Waals surface area contributed by atoms with Crippen LogP contribution in [0.3, 0.4) is 0 Å².